The van der Waals surface area contributed by atoms with Gasteiger partial charge in [-0.1, -0.05) is 32.0 Å². The molecule has 0 amide bonds. The standard InChI is InChI=1S/C17H19N3/c1-11(2)12-7-8-16-15(10-12)19-17(20(16)3)13-5-4-6-14(18)9-13/h4-11H,18H2,1-3H3. The molecule has 0 fully saturated rings. The van der Waals surface area contributed by atoms with Gasteiger partial charge in [0.05, 0.1) is 11.0 Å². The van der Waals surface area contributed by atoms with Gasteiger partial charge < -0.3 is 10.3 Å². The van der Waals surface area contributed by atoms with Crippen LogP contribution in [0.2, 0.25) is 0 Å². The van der Waals surface area contributed by atoms with Crippen LogP contribution in [0, 0.1) is 0 Å². The SMILES string of the molecule is CC(C)c1ccc2c(c1)nc(-c1cccc(N)c1)n2C. The van der Waals surface area contributed by atoms with Crippen molar-refractivity contribution in [2.24, 2.45) is 7.05 Å². The summed E-state index contributed by atoms with van der Waals surface area (Å²) < 4.78 is 2.12. The number of rotatable bonds is 2. The zero-order valence-corrected chi connectivity index (χ0v) is 12.1. The highest BCUT2D eigenvalue weighted by Gasteiger charge is 2.11. The maximum absolute atomic E-state index is 5.87. The topological polar surface area (TPSA) is 43.8 Å². The van der Waals surface area contributed by atoms with E-state index >= 15 is 0 Å². The number of aromatic nitrogens is 2. The van der Waals surface area contributed by atoms with Crippen LogP contribution in [0.3, 0.4) is 0 Å². The van der Waals surface area contributed by atoms with E-state index in [9.17, 15) is 0 Å². The van der Waals surface area contributed by atoms with Gasteiger partial charge in [0, 0.05) is 18.3 Å². The summed E-state index contributed by atoms with van der Waals surface area (Å²) in [4.78, 5) is 4.77. The fourth-order valence-electron chi connectivity index (χ4n) is 2.51. The number of anilines is 1. The van der Waals surface area contributed by atoms with E-state index in [4.69, 9.17) is 10.7 Å². The molecular formula is C17H19N3. The quantitative estimate of drug-likeness (QED) is 0.713. The first-order valence-electron chi connectivity index (χ1n) is 6.88. The normalized spacial score (nSPS) is 11.4. The van der Waals surface area contributed by atoms with Crippen molar-refractivity contribution in [3.8, 4) is 11.4 Å². The molecule has 0 atom stereocenters. The molecule has 1 aromatic heterocycles. The maximum atomic E-state index is 5.87. The monoisotopic (exact) mass is 265 g/mol. The molecule has 102 valence electrons. The Bertz CT molecular complexity index is 769. The molecule has 0 aliphatic carbocycles. The van der Waals surface area contributed by atoms with Gasteiger partial charge >= 0.3 is 0 Å². The molecule has 0 saturated heterocycles. The van der Waals surface area contributed by atoms with E-state index in [0.717, 1.165) is 28.1 Å². The minimum atomic E-state index is 0.511. The molecule has 0 aliphatic heterocycles. The summed E-state index contributed by atoms with van der Waals surface area (Å²) in [5.74, 6) is 1.46. The lowest BCUT2D eigenvalue weighted by Crippen LogP contribution is -1.93. The van der Waals surface area contributed by atoms with Crippen LogP contribution in [-0.2, 0) is 7.05 Å². The fourth-order valence-corrected chi connectivity index (χ4v) is 2.51. The first-order valence-corrected chi connectivity index (χ1v) is 6.88. The first-order chi connectivity index (χ1) is 9.56. The van der Waals surface area contributed by atoms with Gasteiger partial charge in [-0.15, -0.1) is 0 Å². The van der Waals surface area contributed by atoms with Crippen LogP contribution < -0.4 is 5.73 Å². The Morgan fingerprint density at radius 2 is 1.90 bits per heavy atom. The molecule has 0 bridgehead atoms. The van der Waals surface area contributed by atoms with Crippen molar-refractivity contribution in [2.45, 2.75) is 19.8 Å². The average Bonchev–Trinajstić information content (AvgIpc) is 2.75. The second-order valence-corrected chi connectivity index (χ2v) is 5.52. The third-order valence-electron chi connectivity index (χ3n) is 3.72. The Labute approximate surface area is 119 Å². The van der Waals surface area contributed by atoms with Gasteiger partial charge in [0.25, 0.3) is 0 Å². The van der Waals surface area contributed by atoms with Crippen LogP contribution in [0.25, 0.3) is 22.4 Å². The smallest absolute Gasteiger partial charge is 0.140 e. The number of benzene rings is 2. The molecule has 3 rings (SSSR count). The highest BCUT2D eigenvalue weighted by Crippen LogP contribution is 2.27. The molecule has 0 saturated carbocycles. The number of imidazole rings is 1. The Morgan fingerprint density at radius 3 is 2.60 bits per heavy atom. The van der Waals surface area contributed by atoms with Crippen LogP contribution in [0.5, 0.6) is 0 Å². The molecule has 0 unspecified atom stereocenters. The largest absolute Gasteiger partial charge is 0.399 e. The van der Waals surface area contributed by atoms with E-state index in [2.05, 4.69) is 36.6 Å². The lowest BCUT2D eigenvalue weighted by Gasteiger charge is -2.05. The van der Waals surface area contributed by atoms with Crippen molar-refractivity contribution in [3.05, 3.63) is 48.0 Å². The Kier molecular flexibility index (Phi) is 2.97. The predicted molar refractivity (Wildman–Crippen MR) is 84.7 cm³/mol. The van der Waals surface area contributed by atoms with E-state index < -0.39 is 0 Å². The van der Waals surface area contributed by atoms with Crippen molar-refractivity contribution in [1.82, 2.24) is 9.55 Å². The molecule has 0 radical (unpaired) electrons. The van der Waals surface area contributed by atoms with Crippen molar-refractivity contribution in [1.29, 1.82) is 0 Å². The summed E-state index contributed by atoms with van der Waals surface area (Å²) >= 11 is 0. The zero-order valence-electron chi connectivity index (χ0n) is 12.1. The van der Waals surface area contributed by atoms with E-state index in [1.807, 2.05) is 31.3 Å². The van der Waals surface area contributed by atoms with Crippen LogP contribution in [0.1, 0.15) is 25.3 Å². The summed E-state index contributed by atoms with van der Waals surface area (Å²) in [7, 11) is 2.04. The van der Waals surface area contributed by atoms with Gasteiger partial charge in [-0.25, -0.2) is 4.98 Å². The van der Waals surface area contributed by atoms with Gasteiger partial charge in [-0.3, -0.25) is 0 Å². The summed E-state index contributed by atoms with van der Waals surface area (Å²) in [6.45, 7) is 4.39. The van der Waals surface area contributed by atoms with Crippen molar-refractivity contribution in [3.63, 3.8) is 0 Å². The zero-order chi connectivity index (χ0) is 14.3. The Balaban J connectivity index is 2.20. The third kappa shape index (κ3) is 2.05. The maximum Gasteiger partial charge on any atom is 0.140 e. The summed E-state index contributed by atoms with van der Waals surface area (Å²) in [6.07, 6.45) is 0. The number of nitrogen functional groups attached to an aromatic ring is 1. The number of nitrogens with two attached hydrogens (primary N) is 1. The number of hydrogen-bond acceptors (Lipinski definition) is 2. The van der Waals surface area contributed by atoms with E-state index in [1.54, 1.807) is 0 Å². The van der Waals surface area contributed by atoms with Crippen LogP contribution in [0.15, 0.2) is 42.5 Å². The summed E-state index contributed by atoms with van der Waals surface area (Å²) in [5.41, 5.74) is 11.2. The third-order valence-corrected chi connectivity index (χ3v) is 3.72. The molecule has 20 heavy (non-hydrogen) atoms. The van der Waals surface area contributed by atoms with Crippen molar-refractivity contribution in [2.75, 3.05) is 5.73 Å². The number of nitrogens with zero attached hydrogens (tertiary/aromatic N) is 2. The minimum Gasteiger partial charge on any atom is -0.399 e. The predicted octanol–water partition coefficient (Wildman–Crippen LogP) is 3.95. The van der Waals surface area contributed by atoms with Crippen LogP contribution in [0.4, 0.5) is 5.69 Å². The highest BCUT2D eigenvalue weighted by molar-refractivity contribution is 5.81. The van der Waals surface area contributed by atoms with E-state index in [1.165, 1.54) is 5.56 Å². The second kappa shape index (κ2) is 4.67. The van der Waals surface area contributed by atoms with Gasteiger partial charge in [-0.05, 0) is 35.7 Å². The van der Waals surface area contributed by atoms with Gasteiger partial charge in [0.2, 0.25) is 0 Å². The number of aryl methyl sites for hydroxylation is 1. The molecule has 2 aromatic carbocycles. The molecule has 0 aliphatic rings. The van der Waals surface area contributed by atoms with Gasteiger partial charge in [0.15, 0.2) is 0 Å². The first kappa shape index (κ1) is 12.7. The molecule has 2 N–H and O–H groups in total. The molecule has 3 nitrogen and oxygen atoms in total. The fraction of sp³-hybridized carbons (Fsp3) is 0.235. The van der Waals surface area contributed by atoms with Crippen LogP contribution >= 0.6 is 0 Å². The van der Waals surface area contributed by atoms with Gasteiger partial charge in [-0.2, -0.15) is 0 Å². The highest BCUT2D eigenvalue weighted by atomic mass is 15.1. The van der Waals surface area contributed by atoms with Gasteiger partial charge in [0.1, 0.15) is 5.82 Å². The second-order valence-electron chi connectivity index (χ2n) is 5.52. The molecule has 3 heteroatoms. The number of hydrogen-bond donors (Lipinski definition) is 1. The lowest BCUT2D eigenvalue weighted by atomic mass is 10.0. The Hall–Kier alpha value is -2.29. The summed E-state index contributed by atoms with van der Waals surface area (Å²) in [6, 6.07) is 14.4. The van der Waals surface area contributed by atoms with E-state index in [0.29, 0.717) is 5.92 Å². The number of fused-ring (bicyclic) bond motifs is 1. The Morgan fingerprint density at radius 1 is 1.10 bits per heavy atom. The molecule has 0 spiro atoms. The minimum absolute atomic E-state index is 0.511. The lowest BCUT2D eigenvalue weighted by molar-refractivity contribution is 0.868. The average molecular weight is 265 g/mol. The molecule has 3 aromatic rings. The van der Waals surface area contributed by atoms with Crippen molar-refractivity contribution >= 4 is 16.7 Å². The van der Waals surface area contributed by atoms with E-state index in [-0.39, 0.29) is 0 Å². The van der Waals surface area contributed by atoms with Crippen molar-refractivity contribution < 1.29 is 0 Å². The summed E-state index contributed by atoms with van der Waals surface area (Å²) in [5, 5.41) is 0. The molecular weight excluding hydrogens is 246 g/mol. The molecule has 1 heterocycles. The van der Waals surface area contributed by atoms with Crippen LogP contribution in [-0.4, -0.2) is 9.55 Å².